The van der Waals surface area contributed by atoms with Gasteiger partial charge in [0.25, 0.3) is 0 Å². The lowest BCUT2D eigenvalue weighted by Crippen LogP contribution is -2.63. The van der Waals surface area contributed by atoms with Crippen LogP contribution in [0.3, 0.4) is 0 Å². The van der Waals surface area contributed by atoms with Crippen LogP contribution in [0.15, 0.2) is 0 Å². The van der Waals surface area contributed by atoms with Crippen molar-refractivity contribution in [2.45, 2.75) is 96.9 Å². The molecule has 232 valence electrons. The zero-order valence-corrected chi connectivity index (χ0v) is 24.7. The Morgan fingerprint density at radius 2 is 1.49 bits per heavy atom. The molecule has 41 heavy (non-hydrogen) atoms. The number of carboxylic acid groups (broad SMARTS) is 1. The summed E-state index contributed by atoms with van der Waals surface area (Å²) in [4.78, 5) is 48.7. The van der Waals surface area contributed by atoms with Gasteiger partial charge < -0.3 is 36.5 Å². The van der Waals surface area contributed by atoms with E-state index in [0.29, 0.717) is 25.7 Å². The third kappa shape index (κ3) is 5.99. The van der Waals surface area contributed by atoms with Crippen molar-refractivity contribution in [3.63, 3.8) is 0 Å². The number of aliphatic carboxylic acids is 1. The molecular formula is C30H49N3O8. The van der Waals surface area contributed by atoms with Crippen molar-refractivity contribution in [1.82, 2.24) is 0 Å². The standard InChI is InChI=1S/C30H49N3O8/c1-16(4-7-24(34)35)19-5-6-20-28-21(12-23(30(19,20)3)41-27(38)15-33)29(2)9-8-18(39-25(36)13-31)10-17(29)11-22(28)40-26(37)14-32/h16-23,28H,4-15,31-33H2,1-3H3,(H,34,35)/t16-,17?,18-,19?,20+,21+,22-,23+,28?,29?,30?/m1/s1. The minimum atomic E-state index is -0.820. The Hall–Kier alpha value is -2.24. The number of fused-ring (bicyclic) bond motifs is 5. The maximum atomic E-state index is 12.7. The number of carbonyl (C=O) groups is 4. The monoisotopic (exact) mass is 579 g/mol. The largest absolute Gasteiger partial charge is 0.481 e. The molecule has 0 heterocycles. The fourth-order valence-electron chi connectivity index (χ4n) is 9.68. The number of carbonyl (C=O) groups excluding carboxylic acids is 3. The van der Waals surface area contributed by atoms with Crippen LogP contribution in [0.1, 0.15) is 78.6 Å². The van der Waals surface area contributed by atoms with E-state index in [1.165, 1.54) is 0 Å². The average molecular weight is 580 g/mol. The lowest BCUT2D eigenvalue weighted by Gasteiger charge is -2.64. The molecule has 0 amide bonds. The zero-order valence-electron chi connectivity index (χ0n) is 24.7. The van der Waals surface area contributed by atoms with E-state index >= 15 is 0 Å². The van der Waals surface area contributed by atoms with Crippen LogP contribution >= 0.6 is 0 Å². The van der Waals surface area contributed by atoms with Gasteiger partial charge in [0, 0.05) is 17.8 Å². The lowest BCUT2D eigenvalue weighted by atomic mass is 9.43. The fraction of sp³-hybridized carbons (Fsp3) is 0.867. The van der Waals surface area contributed by atoms with Crippen molar-refractivity contribution in [2.75, 3.05) is 19.6 Å². The Labute approximate surface area is 242 Å². The Morgan fingerprint density at radius 3 is 2.12 bits per heavy atom. The minimum absolute atomic E-state index is 0.0457. The van der Waals surface area contributed by atoms with Crippen LogP contribution in [0.5, 0.6) is 0 Å². The molecule has 7 N–H and O–H groups in total. The molecule has 11 heteroatoms. The molecule has 0 aromatic rings. The maximum Gasteiger partial charge on any atom is 0.319 e. The second kappa shape index (κ2) is 12.6. The van der Waals surface area contributed by atoms with E-state index in [1.54, 1.807) is 0 Å². The molecule has 4 rings (SSSR count). The van der Waals surface area contributed by atoms with Crippen LogP contribution in [0, 0.1) is 46.3 Å². The van der Waals surface area contributed by atoms with Crippen LogP contribution in [0.2, 0.25) is 0 Å². The number of hydrogen-bond donors (Lipinski definition) is 4. The van der Waals surface area contributed by atoms with E-state index in [-0.39, 0.29) is 85.3 Å². The Balaban J connectivity index is 1.72. The van der Waals surface area contributed by atoms with E-state index in [1.807, 2.05) is 0 Å². The molecule has 0 bridgehead atoms. The molecule has 4 aliphatic rings. The summed E-state index contributed by atoms with van der Waals surface area (Å²) in [5.41, 5.74) is 16.3. The Morgan fingerprint density at radius 1 is 0.854 bits per heavy atom. The smallest absolute Gasteiger partial charge is 0.319 e. The highest BCUT2D eigenvalue weighted by atomic mass is 16.6. The third-order valence-electron chi connectivity index (χ3n) is 11.6. The first-order valence-corrected chi connectivity index (χ1v) is 15.3. The van der Waals surface area contributed by atoms with Crippen LogP contribution in [0.4, 0.5) is 0 Å². The first-order valence-electron chi connectivity index (χ1n) is 15.3. The highest BCUT2D eigenvalue weighted by molar-refractivity contribution is 5.72. The third-order valence-corrected chi connectivity index (χ3v) is 11.6. The van der Waals surface area contributed by atoms with Crippen molar-refractivity contribution in [1.29, 1.82) is 0 Å². The summed E-state index contributed by atoms with van der Waals surface area (Å²) in [7, 11) is 0. The molecule has 4 saturated carbocycles. The molecule has 0 radical (unpaired) electrons. The van der Waals surface area contributed by atoms with Gasteiger partial charge in [-0.25, -0.2) is 0 Å². The topological polar surface area (TPSA) is 194 Å². The second-order valence-corrected chi connectivity index (χ2v) is 13.4. The molecule has 0 aliphatic heterocycles. The molecule has 4 fully saturated rings. The number of esters is 3. The van der Waals surface area contributed by atoms with Gasteiger partial charge in [-0.3, -0.25) is 19.2 Å². The Kier molecular flexibility index (Phi) is 9.70. The van der Waals surface area contributed by atoms with Gasteiger partial charge in [0.15, 0.2) is 0 Å². The first-order chi connectivity index (χ1) is 19.4. The van der Waals surface area contributed by atoms with Crippen molar-refractivity contribution < 1.29 is 38.5 Å². The number of nitrogens with two attached hydrogens (primary N) is 3. The van der Waals surface area contributed by atoms with Gasteiger partial charge in [-0.15, -0.1) is 0 Å². The molecule has 0 aromatic carbocycles. The summed E-state index contributed by atoms with van der Waals surface area (Å²) in [5.74, 6) is -1.49. The highest BCUT2D eigenvalue weighted by Gasteiger charge is 2.67. The molecule has 4 aliphatic carbocycles. The number of carboxylic acids is 1. The van der Waals surface area contributed by atoms with E-state index in [4.69, 9.17) is 31.4 Å². The average Bonchev–Trinajstić information content (AvgIpc) is 3.30. The zero-order chi connectivity index (χ0) is 30.1. The van der Waals surface area contributed by atoms with Gasteiger partial charge in [-0.1, -0.05) is 20.8 Å². The second-order valence-electron chi connectivity index (χ2n) is 13.4. The van der Waals surface area contributed by atoms with Crippen LogP contribution in [-0.2, 0) is 33.4 Å². The molecule has 11 atom stereocenters. The number of hydrogen-bond acceptors (Lipinski definition) is 10. The predicted octanol–water partition coefficient (Wildman–Crippen LogP) is 1.98. The van der Waals surface area contributed by atoms with Crippen LogP contribution in [-0.4, -0.2) is 66.9 Å². The molecule has 0 saturated heterocycles. The molecule has 0 spiro atoms. The van der Waals surface area contributed by atoms with Crippen LogP contribution < -0.4 is 17.2 Å². The number of ether oxygens (including phenoxy) is 3. The normalized spacial score (nSPS) is 40.3. The predicted molar refractivity (Wildman–Crippen MR) is 149 cm³/mol. The van der Waals surface area contributed by atoms with Crippen molar-refractivity contribution in [3.8, 4) is 0 Å². The van der Waals surface area contributed by atoms with Crippen molar-refractivity contribution >= 4 is 23.9 Å². The van der Waals surface area contributed by atoms with E-state index in [9.17, 15) is 24.3 Å². The summed E-state index contributed by atoms with van der Waals surface area (Å²) in [6.07, 6.45) is 4.89. The quantitative estimate of drug-likeness (QED) is 0.218. The summed E-state index contributed by atoms with van der Waals surface area (Å²) in [6.45, 7) is 6.00. The molecule has 11 nitrogen and oxygen atoms in total. The van der Waals surface area contributed by atoms with E-state index in [0.717, 1.165) is 25.7 Å². The summed E-state index contributed by atoms with van der Waals surface area (Å²) in [6, 6.07) is 0. The first kappa shape index (κ1) is 31.7. The Bertz CT molecular complexity index is 1010. The molecule has 0 aromatic heterocycles. The van der Waals surface area contributed by atoms with Crippen LogP contribution in [0.25, 0.3) is 0 Å². The van der Waals surface area contributed by atoms with Gasteiger partial charge in [-0.2, -0.15) is 0 Å². The lowest BCUT2D eigenvalue weighted by molar-refractivity contribution is -0.225. The summed E-state index contributed by atoms with van der Waals surface area (Å²) >= 11 is 0. The van der Waals surface area contributed by atoms with Crippen molar-refractivity contribution in [3.05, 3.63) is 0 Å². The highest BCUT2D eigenvalue weighted by Crippen LogP contribution is 2.69. The van der Waals surface area contributed by atoms with E-state index in [2.05, 4.69) is 20.8 Å². The summed E-state index contributed by atoms with van der Waals surface area (Å²) in [5, 5.41) is 9.34. The van der Waals surface area contributed by atoms with Gasteiger partial charge in [0.05, 0.1) is 19.6 Å². The molecule has 5 unspecified atom stereocenters. The number of rotatable bonds is 10. The molecular weight excluding hydrogens is 530 g/mol. The van der Waals surface area contributed by atoms with Gasteiger partial charge in [0.2, 0.25) is 0 Å². The SMILES string of the molecule is C[C@H](CCC(=O)O)C1CC[C@H]2C3[C@H](OC(=O)CN)CC4C[C@H](OC(=O)CN)CCC4(C)[C@H]3C[C@H](OC(=O)CN)C12C. The fourth-order valence-corrected chi connectivity index (χ4v) is 9.68. The summed E-state index contributed by atoms with van der Waals surface area (Å²) < 4.78 is 17.9. The van der Waals surface area contributed by atoms with Crippen molar-refractivity contribution in [2.24, 2.45) is 63.5 Å². The van der Waals surface area contributed by atoms with Gasteiger partial charge in [-0.05, 0) is 86.4 Å². The minimum Gasteiger partial charge on any atom is -0.481 e. The van der Waals surface area contributed by atoms with E-state index < -0.39 is 29.3 Å². The van der Waals surface area contributed by atoms with Gasteiger partial charge >= 0.3 is 23.9 Å². The maximum absolute atomic E-state index is 12.7. The van der Waals surface area contributed by atoms with Gasteiger partial charge in [0.1, 0.15) is 18.3 Å².